The first-order valence-electron chi connectivity index (χ1n) is 5.00. The molecule has 0 spiro atoms. The van der Waals surface area contributed by atoms with Gasteiger partial charge in [-0.2, -0.15) is 0 Å². The molecule has 0 atom stereocenters. The lowest BCUT2D eigenvalue weighted by atomic mass is 10.1. The van der Waals surface area contributed by atoms with E-state index in [1.54, 1.807) is 6.07 Å². The zero-order valence-corrected chi connectivity index (χ0v) is 8.59. The van der Waals surface area contributed by atoms with Crippen molar-refractivity contribution in [2.45, 2.75) is 12.8 Å². The predicted octanol–water partition coefficient (Wildman–Crippen LogP) is 0.344. The van der Waals surface area contributed by atoms with E-state index in [1.807, 2.05) is 4.90 Å². The molecule has 2 rings (SSSR count). The Morgan fingerprint density at radius 2 is 1.94 bits per heavy atom. The number of hydrogen-bond acceptors (Lipinski definition) is 5. The minimum atomic E-state index is -1.09. The molecule has 6 heteroatoms. The summed E-state index contributed by atoms with van der Waals surface area (Å²) in [7, 11) is 0. The van der Waals surface area contributed by atoms with Gasteiger partial charge in [-0.3, -0.25) is 4.79 Å². The highest BCUT2D eigenvalue weighted by molar-refractivity contribution is 5.85. The van der Waals surface area contributed by atoms with Crippen molar-refractivity contribution in [3.63, 3.8) is 0 Å². The standard InChI is InChI=1S/C10H11N3O3/c14-7-3-5-13(6-4-7)9-2-1-8(10(15)16)11-12-9/h1-2H,3-6H2,(H,15,16). The van der Waals surface area contributed by atoms with Gasteiger partial charge in [-0.15, -0.1) is 10.2 Å². The van der Waals surface area contributed by atoms with Gasteiger partial charge < -0.3 is 10.0 Å². The van der Waals surface area contributed by atoms with Crippen LogP contribution in [0.25, 0.3) is 0 Å². The number of ketones is 1. The van der Waals surface area contributed by atoms with Crippen molar-refractivity contribution in [3.05, 3.63) is 17.8 Å². The molecule has 1 aromatic rings. The number of carboxylic acids is 1. The van der Waals surface area contributed by atoms with Crippen LogP contribution in [0.2, 0.25) is 0 Å². The molecular weight excluding hydrogens is 210 g/mol. The zero-order valence-electron chi connectivity index (χ0n) is 8.59. The van der Waals surface area contributed by atoms with E-state index >= 15 is 0 Å². The lowest BCUT2D eigenvalue weighted by Crippen LogP contribution is -2.34. The third kappa shape index (κ3) is 2.16. The smallest absolute Gasteiger partial charge is 0.356 e. The molecule has 0 amide bonds. The molecular formula is C10H11N3O3. The molecule has 0 aromatic carbocycles. The van der Waals surface area contributed by atoms with Crippen LogP contribution in [0.5, 0.6) is 0 Å². The molecule has 1 saturated heterocycles. The minimum absolute atomic E-state index is 0.0724. The lowest BCUT2D eigenvalue weighted by molar-refractivity contribution is -0.119. The van der Waals surface area contributed by atoms with Crippen LogP contribution in [-0.2, 0) is 4.79 Å². The number of carbonyl (C=O) groups excluding carboxylic acids is 1. The Kier molecular flexibility index (Phi) is 2.80. The minimum Gasteiger partial charge on any atom is -0.476 e. The summed E-state index contributed by atoms with van der Waals surface area (Å²) in [5.74, 6) is -0.211. The zero-order chi connectivity index (χ0) is 11.5. The van der Waals surface area contributed by atoms with Gasteiger partial charge in [0.2, 0.25) is 0 Å². The monoisotopic (exact) mass is 221 g/mol. The van der Waals surface area contributed by atoms with Gasteiger partial charge in [-0.25, -0.2) is 4.79 Å². The van der Waals surface area contributed by atoms with Gasteiger partial charge in [-0.05, 0) is 12.1 Å². The van der Waals surface area contributed by atoms with E-state index in [0.717, 1.165) is 0 Å². The quantitative estimate of drug-likeness (QED) is 0.775. The molecule has 1 aliphatic heterocycles. The van der Waals surface area contributed by atoms with Crippen molar-refractivity contribution in [2.24, 2.45) is 0 Å². The molecule has 16 heavy (non-hydrogen) atoms. The molecule has 1 aliphatic rings. The molecule has 6 nitrogen and oxygen atoms in total. The Bertz CT molecular complexity index is 406. The van der Waals surface area contributed by atoms with E-state index in [2.05, 4.69) is 10.2 Å². The number of carboxylic acid groups (broad SMARTS) is 1. The van der Waals surface area contributed by atoms with Crippen LogP contribution in [0.1, 0.15) is 23.3 Å². The van der Waals surface area contributed by atoms with Gasteiger partial charge in [0.1, 0.15) is 5.78 Å². The van der Waals surface area contributed by atoms with Crippen molar-refractivity contribution in [1.82, 2.24) is 10.2 Å². The summed E-state index contributed by atoms with van der Waals surface area (Å²) in [5.41, 5.74) is -0.0724. The number of carbonyl (C=O) groups is 2. The maximum Gasteiger partial charge on any atom is 0.356 e. The van der Waals surface area contributed by atoms with Crippen LogP contribution in [0, 0.1) is 0 Å². The Balaban J connectivity index is 2.10. The molecule has 1 N–H and O–H groups in total. The molecule has 1 fully saturated rings. The van der Waals surface area contributed by atoms with Gasteiger partial charge >= 0.3 is 5.97 Å². The molecule has 2 heterocycles. The van der Waals surface area contributed by atoms with Crippen LogP contribution in [0.3, 0.4) is 0 Å². The molecule has 0 bridgehead atoms. The number of hydrogen-bond donors (Lipinski definition) is 1. The SMILES string of the molecule is O=C1CCN(c2ccc(C(=O)O)nn2)CC1. The number of rotatable bonds is 2. The number of Topliss-reactive ketones (excluding diaryl/α,β-unsaturated/α-hetero) is 1. The predicted molar refractivity (Wildman–Crippen MR) is 55.4 cm³/mol. The van der Waals surface area contributed by atoms with Gasteiger partial charge in [0.15, 0.2) is 11.5 Å². The third-order valence-electron chi connectivity index (χ3n) is 2.51. The largest absolute Gasteiger partial charge is 0.476 e. The average Bonchev–Trinajstić information content (AvgIpc) is 2.30. The first kappa shape index (κ1) is 10.5. The van der Waals surface area contributed by atoms with Crippen molar-refractivity contribution in [2.75, 3.05) is 18.0 Å². The second-order valence-corrected chi connectivity index (χ2v) is 3.61. The molecule has 1 aromatic heterocycles. The summed E-state index contributed by atoms with van der Waals surface area (Å²) in [4.78, 5) is 23.5. The van der Waals surface area contributed by atoms with Gasteiger partial charge in [0, 0.05) is 25.9 Å². The van der Waals surface area contributed by atoms with Crippen molar-refractivity contribution >= 4 is 17.6 Å². The number of aromatic nitrogens is 2. The first-order chi connectivity index (χ1) is 7.66. The highest BCUT2D eigenvalue weighted by atomic mass is 16.4. The number of nitrogens with zero attached hydrogens (tertiary/aromatic N) is 3. The third-order valence-corrected chi connectivity index (χ3v) is 2.51. The lowest BCUT2D eigenvalue weighted by Gasteiger charge is -2.26. The summed E-state index contributed by atoms with van der Waals surface area (Å²) in [5, 5.41) is 16.1. The fourth-order valence-electron chi connectivity index (χ4n) is 1.59. The Morgan fingerprint density at radius 1 is 1.25 bits per heavy atom. The van der Waals surface area contributed by atoms with Crippen LogP contribution < -0.4 is 4.90 Å². The Hall–Kier alpha value is -1.98. The summed E-state index contributed by atoms with van der Waals surface area (Å²) in [6.45, 7) is 1.25. The van der Waals surface area contributed by atoms with Crippen LogP contribution in [0.4, 0.5) is 5.82 Å². The fraction of sp³-hybridized carbons (Fsp3) is 0.400. The van der Waals surface area contributed by atoms with E-state index in [9.17, 15) is 9.59 Å². The summed E-state index contributed by atoms with van der Waals surface area (Å²) in [6.07, 6.45) is 1.03. The van der Waals surface area contributed by atoms with E-state index in [1.165, 1.54) is 6.07 Å². The Labute approximate surface area is 91.9 Å². The van der Waals surface area contributed by atoms with Crippen molar-refractivity contribution in [1.29, 1.82) is 0 Å². The second-order valence-electron chi connectivity index (χ2n) is 3.61. The number of aromatic carboxylic acids is 1. The topological polar surface area (TPSA) is 83.4 Å². The maximum atomic E-state index is 11.0. The van der Waals surface area contributed by atoms with E-state index in [0.29, 0.717) is 31.7 Å². The summed E-state index contributed by atoms with van der Waals surface area (Å²) in [6, 6.07) is 3.04. The normalized spacial score (nSPS) is 16.2. The molecule has 0 saturated carbocycles. The van der Waals surface area contributed by atoms with Gasteiger partial charge in [0.25, 0.3) is 0 Å². The van der Waals surface area contributed by atoms with Crippen LogP contribution >= 0.6 is 0 Å². The molecule has 84 valence electrons. The highest BCUT2D eigenvalue weighted by Crippen LogP contribution is 2.14. The number of piperidine rings is 1. The van der Waals surface area contributed by atoms with E-state index < -0.39 is 5.97 Å². The highest BCUT2D eigenvalue weighted by Gasteiger charge is 2.18. The van der Waals surface area contributed by atoms with Crippen molar-refractivity contribution < 1.29 is 14.7 Å². The van der Waals surface area contributed by atoms with Crippen LogP contribution in [-0.4, -0.2) is 40.1 Å². The van der Waals surface area contributed by atoms with E-state index in [-0.39, 0.29) is 11.5 Å². The number of anilines is 1. The Morgan fingerprint density at radius 3 is 2.44 bits per heavy atom. The first-order valence-corrected chi connectivity index (χ1v) is 5.00. The van der Waals surface area contributed by atoms with Gasteiger partial charge in [0.05, 0.1) is 0 Å². The average molecular weight is 221 g/mol. The van der Waals surface area contributed by atoms with E-state index in [4.69, 9.17) is 5.11 Å². The van der Waals surface area contributed by atoms with Crippen molar-refractivity contribution in [3.8, 4) is 0 Å². The molecule has 0 unspecified atom stereocenters. The van der Waals surface area contributed by atoms with Crippen LogP contribution in [0.15, 0.2) is 12.1 Å². The molecule has 0 aliphatic carbocycles. The molecule has 0 radical (unpaired) electrons. The fourth-order valence-corrected chi connectivity index (χ4v) is 1.59. The van der Waals surface area contributed by atoms with Gasteiger partial charge in [-0.1, -0.05) is 0 Å². The second kappa shape index (κ2) is 4.26. The summed E-state index contributed by atoms with van der Waals surface area (Å²) < 4.78 is 0. The summed E-state index contributed by atoms with van der Waals surface area (Å²) >= 11 is 0. The maximum absolute atomic E-state index is 11.0.